The van der Waals surface area contributed by atoms with E-state index in [1.165, 1.54) is 6.07 Å². The number of hydrogen-bond donors (Lipinski definition) is 2. The van der Waals surface area contributed by atoms with Gasteiger partial charge >= 0.3 is 0 Å². The predicted molar refractivity (Wildman–Crippen MR) is 75.7 cm³/mol. The monoisotopic (exact) mass is 279 g/mol. The van der Waals surface area contributed by atoms with Crippen LogP contribution in [0.5, 0.6) is 0 Å². The molecular formula is C14H15ClFN3. The van der Waals surface area contributed by atoms with Crippen molar-refractivity contribution in [3.8, 4) is 0 Å². The molecule has 5 heteroatoms. The normalized spacial score (nSPS) is 12.4. The molecule has 3 N–H and O–H groups in total. The van der Waals surface area contributed by atoms with Gasteiger partial charge in [0.15, 0.2) is 0 Å². The number of anilines is 1. The number of pyridine rings is 1. The van der Waals surface area contributed by atoms with Crippen molar-refractivity contribution in [2.45, 2.75) is 13.0 Å². The van der Waals surface area contributed by atoms with Crippen molar-refractivity contribution in [3.05, 3.63) is 58.0 Å². The second-order valence-corrected chi connectivity index (χ2v) is 4.70. The third-order valence-electron chi connectivity index (χ3n) is 3.11. The van der Waals surface area contributed by atoms with Gasteiger partial charge in [0.1, 0.15) is 11.6 Å². The summed E-state index contributed by atoms with van der Waals surface area (Å²) >= 11 is 5.83. The maximum Gasteiger partial charge on any atom is 0.146 e. The van der Waals surface area contributed by atoms with Gasteiger partial charge in [0, 0.05) is 17.3 Å². The molecule has 1 heterocycles. The lowest BCUT2D eigenvalue weighted by Crippen LogP contribution is -2.22. The molecule has 0 aliphatic carbocycles. The molecule has 0 spiro atoms. The van der Waals surface area contributed by atoms with E-state index in [1.54, 1.807) is 25.4 Å². The number of rotatable bonds is 3. The average molecular weight is 280 g/mol. The number of nitrogens with two attached hydrogens (primary N) is 1. The molecule has 0 fully saturated rings. The molecule has 19 heavy (non-hydrogen) atoms. The maximum absolute atomic E-state index is 14.2. The van der Waals surface area contributed by atoms with E-state index in [2.05, 4.69) is 10.3 Å². The van der Waals surface area contributed by atoms with Gasteiger partial charge in [-0.3, -0.25) is 0 Å². The van der Waals surface area contributed by atoms with Gasteiger partial charge in [-0.25, -0.2) is 9.37 Å². The summed E-state index contributed by atoms with van der Waals surface area (Å²) in [5, 5.41) is 3.16. The van der Waals surface area contributed by atoms with E-state index in [0.717, 1.165) is 11.1 Å². The molecule has 3 nitrogen and oxygen atoms in total. The number of nitrogen functional groups attached to an aromatic ring is 1. The van der Waals surface area contributed by atoms with E-state index in [-0.39, 0.29) is 11.1 Å². The van der Waals surface area contributed by atoms with Gasteiger partial charge in [0.25, 0.3) is 0 Å². The van der Waals surface area contributed by atoms with Gasteiger partial charge in [-0.2, -0.15) is 0 Å². The fourth-order valence-electron chi connectivity index (χ4n) is 2.17. The van der Waals surface area contributed by atoms with Crippen molar-refractivity contribution < 1.29 is 4.39 Å². The Kier molecular flexibility index (Phi) is 4.02. The number of hydrogen-bond acceptors (Lipinski definition) is 3. The fraction of sp³-hybridized carbons (Fsp3) is 0.214. The molecule has 0 saturated carbocycles. The molecule has 1 atom stereocenters. The number of nitrogens with one attached hydrogen (secondary N) is 1. The lowest BCUT2D eigenvalue weighted by Gasteiger charge is -2.21. The van der Waals surface area contributed by atoms with E-state index in [9.17, 15) is 4.39 Å². The van der Waals surface area contributed by atoms with E-state index < -0.39 is 5.82 Å². The second-order valence-electron chi connectivity index (χ2n) is 4.29. The van der Waals surface area contributed by atoms with Gasteiger partial charge in [-0.1, -0.05) is 23.7 Å². The Morgan fingerprint density at radius 2 is 2.11 bits per heavy atom. The van der Waals surface area contributed by atoms with Crippen molar-refractivity contribution in [3.63, 3.8) is 0 Å². The van der Waals surface area contributed by atoms with Crippen molar-refractivity contribution in [1.29, 1.82) is 0 Å². The number of nitrogens with zero attached hydrogens (tertiary/aromatic N) is 1. The van der Waals surface area contributed by atoms with Crippen LogP contribution >= 0.6 is 11.6 Å². The van der Waals surface area contributed by atoms with Crippen molar-refractivity contribution in [1.82, 2.24) is 10.3 Å². The summed E-state index contributed by atoms with van der Waals surface area (Å²) in [5.41, 5.74) is 8.09. The van der Waals surface area contributed by atoms with E-state index in [4.69, 9.17) is 17.3 Å². The molecule has 2 aromatic rings. The molecule has 0 aliphatic rings. The van der Waals surface area contributed by atoms with Crippen LogP contribution in [0.1, 0.15) is 22.7 Å². The van der Waals surface area contributed by atoms with Crippen LogP contribution in [0.2, 0.25) is 5.02 Å². The minimum atomic E-state index is -0.439. The Morgan fingerprint density at radius 1 is 1.37 bits per heavy atom. The highest BCUT2D eigenvalue weighted by atomic mass is 35.5. The topological polar surface area (TPSA) is 50.9 Å². The summed E-state index contributed by atoms with van der Waals surface area (Å²) in [5.74, 6) is -0.0510. The predicted octanol–water partition coefficient (Wildman–Crippen LogP) is 3.07. The Morgan fingerprint density at radius 3 is 2.74 bits per heavy atom. The molecule has 0 amide bonds. The number of aromatic nitrogens is 1. The first kappa shape index (κ1) is 13.8. The molecule has 2 rings (SSSR count). The van der Waals surface area contributed by atoms with Crippen molar-refractivity contribution >= 4 is 17.4 Å². The highest BCUT2D eigenvalue weighted by Crippen LogP contribution is 2.31. The Bertz CT molecular complexity index is 581. The fourth-order valence-corrected chi connectivity index (χ4v) is 2.35. The van der Waals surface area contributed by atoms with Gasteiger partial charge in [0.05, 0.1) is 11.1 Å². The summed E-state index contributed by atoms with van der Waals surface area (Å²) in [4.78, 5) is 4.07. The highest BCUT2D eigenvalue weighted by Gasteiger charge is 2.21. The summed E-state index contributed by atoms with van der Waals surface area (Å²) < 4.78 is 14.2. The first-order valence-electron chi connectivity index (χ1n) is 5.88. The Hall–Kier alpha value is -1.65. The van der Waals surface area contributed by atoms with E-state index in [1.807, 2.05) is 13.0 Å². The van der Waals surface area contributed by atoms with Gasteiger partial charge in [-0.05, 0) is 31.7 Å². The molecule has 100 valence electrons. The summed E-state index contributed by atoms with van der Waals surface area (Å²) in [6, 6.07) is 6.39. The maximum atomic E-state index is 14.2. The van der Waals surface area contributed by atoms with Crippen LogP contribution in [-0.4, -0.2) is 12.0 Å². The number of halogens is 2. The minimum absolute atomic E-state index is 0.0952. The molecule has 0 saturated heterocycles. The summed E-state index contributed by atoms with van der Waals surface area (Å²) in [7, 11) is 1.75. The molecule has 1 aromatic carbocycles. The SMILES string of the molecule is CNC(c1cccc(Cl)c1F)c1c(C)ccnc1N. The third-order valence-corrected chi connectivity index (χ3v) is 3.40. The van der Waals surface area contributed by atoms with Crippen molar-refractivity contribution in [2.75, 3.05) is 12.8 Å². The average Bonchev–Trinajstić information content (AvgIpc) is 2.38. The molecule has 1 aromatic heterocycles. The largest absolute Gasteiger partial charge is 0.383 e. The van der Waals surface area contributed by atoms with Crippen LogP contribution in [-0.2, 0) is 0 Å². The highest BCUT2D eigenvalue weighted by molar-refractivity contribution is 6.30. The summed E-state index contributed by atoms with van der Waals surface area (Å²) in [6.07, 6.45) is 1.63. The Labute approximate surface area is 116 Å². The van der Waals surface area contributed by atoms with E-state index in [0.29, 0.717) is 11.4 Å². The van der Waals surface area contributed by atoms with Gasteiger partial charge in [-0.15, -0.1) is 0 Å². The lowest BCUT2D eigenvalue weighted by molar-refractivity contribution is 0.575. The number of benzene rings is 1. The molecule has 1 unspecified atom stereocenters. The standard InChI is InChI=1S/C14H15ClFN3/c1-8-6-7-19-14(17)11(8)13(18-2)9-4-3-5-10(15)12(9)16/h3-7,13,18H,1-2H3,(H2,17,19). The van der Waals surface area contributed by atoms with Gasteiger partial charge < -0.3 is 11.1 Å². The lowest BCUT2D eigenvalue weighted by atomic mass is 9.95. The zero-order valence-corrected chi connectivity index (χ0v) is 11.5. The quantitative estimate of drug-likeness (QED) is 0.908. The summed E-state index contributed by atoms with van der Waals surface area (Å²) in [6.45, 7) is 1.92. The first-order valence-corrected chi connectivity index (χ1v) is 6.26. The molecule has 0 bridgehead atoms. The Balaban J connectivity index is 2.60. The van der Waals surface area contributed by atoms with Crippen LogP contribution in [0.3, 0.4) is 0 Å². The van der Waals surface area contributed by atoms with Gasteiger partial charge in [0.2, 0.25) is 0 Å². The molecule has 0 aliphatic heterocycles. The van der Waals surface area contributed by atoms with Crippen LogP contribution in [0.4, 0.5) is 10.2 Å². The van der Waals surface area contributed by atoms with Crippen LogP contribution in [0.25, 0.3) is 0 Å². The second kappa shape index (κ2) is 5.55. The zero-order chi connectivity index (χ0) is 14.0. The van der Waals surface area contributed by atoms with Crippen LogP contribution < -0.4 is 11.1 Å². The van der Waals surface area contributed by atoms with Crippen LogP contribution in [0, 0.1) is 12.7 Å². The smallest absolute Gasteiger partial charge is 0.146 e. The van der Waals surface area contributed by atoms with Crippen LogP contribution in [0.15, 0.2) is 30.5 Å². The molecular weight excluding hydrogens is 265 g/mol. The zero-order valence-electron chi connectivity index (χ0n) is 10.7. The minimum Gasteiger partial charge on any atom is -0.383 e. The van der Waals surface area contributed by atoms with Crippen molar-refractivity contribution in [2.24, 2.45) is 0 Å². The third kappa shape index (κ3) is 2.55. The number of aryl methyl sites for hydroxylation is 1. The van der Waals surface area contributed by atoms with E-state index >= 15 is 0 Å². The molecule has 0 radical (unpaired) electrons. The first-order chi connectivity index (χ1) is 9.06.